The number of amides is 2. The van der Waals surface area contributed by atoms with Gasteiger partial charge in [0.2, 0.25) is 5.91 Å². The fraction of sp³-hybridized carbons (Fsp3) is 0.467. The number of hydrogen-bond donors (Lipinski definition) is 1. The second-order valence-corrected chi connectivity index (χ2v) is 5.29. The summed E-state index contributed by atoms with van der Waals surface area (Å²) < 4.78 is 5.24. The van der Waals surface area contributed by atoms with Gasteiger partial charge >= 0.3 is 6.09 Å². The molecule has 2 rings (SSSR count). The van der Waals surface area contributed by atoms with Crippen LogP contribution in [0.15, 0.2) is 24.3 Å². The van der Waals surface area contributed by atoms with Crippen LogP contribution in [0.2, 0.25) is 0 Å². The van der Waals surface area contributed by atoms with Crippen molar-refractivity contribution in [3.05, 3.63) is 24.3 Å². The Bertz CT molecular complexity index is 517. The molecule has 0 atom stereocenters. The van der Waals surface area contributed by atoms with Gasteiger partial charge in [0.1, 0.15) is 0 Å². The molecule has 1 aromatic rings. The molecule has 0 radical (unpaired) electrons. The van der Waals surface area contributed by atoms with Crippen molar-refractivity contribution in [2.24, 2.45) is 0 Å². The first kappa shape index (κ1) is 18.3. The summed E-state index contributed by atoms with van der Waals surface area (Å²) in [6, 6.07) is 6.93. The maximum Gasteiger partial charge on any atom is 0.414 e. The highest BCUT2D eigenvalue weighted by molar-refractivity contribution is 5.94. The highest BCUT2D eigenvalue weighted by atomic mass is 35.5. The number of hydrogen-bond acceptors (Lipinski definition) is 4. The van der Waals surface area contributed by atoms with Crippen LogP contribution in [-0.4, -0.2) is 55.5 Å². The van der Waals surface area contributed by atoms with Crippen LogP contribution in [-0.2, 0) is 4.79 Å². The van der Waals surface area contributed by atoms with Crippen molar-refractivity contribution in [2.45, 2.75) is 12.8 Å². The van der Waals surface area contributed by atoms with Crippen molar-refractivity contribution >= 4 is 30.1 Å². The van der Waals surface area contributed by atoms with Gasteiger partial charge in [-0.25, -0.2) is 4.79 Å². The lowest BCUT2D eigenvalue weighted by Gasteiger charge is -2.16. The van der Waals surface area contributed by atoms with E-state index in [1.54, 1.807) is 38.4 Å². The van der Waals surface area contributed by atoms with Crippen LogP contribution in [0.1, 0.15) is 12.8 Å². The number of nitrogens with one attached hydrogen (secondary N) is 1. The Morgan fingerprint density at radius 2 is 1.86 bits per heavy atom. The first-order valence-electron chi connectivity index (χ1n) is 7.06. The minimum Gasteiger partial charge on any atom is -0.408 e. The molecule has 1 heterocycles. The number of para-hydroxylation sites is 2. The summed E-state index contributed by atoms with van der Waals surface area (Å²) in [5, 5.41) is 2.81. The van der Waals surface area contributed by atoms with Gasteiger partial charge in [0, 0.05) is 14.1 Å². The zero-order valence-electron chi connectivity index (χ0n) is 12.9. The summed E-state index contributed by atoms with van der Waals surface area (Å²) in [6.07, 6.45) is 1.81. The summed E-state index contributed by atoms with van der Waals surface area (Å²) in [4.78, 5) is 27.1. The van der Waals surface area contributed by atoms with E-state index in [0.29, 0.717) is 18.0 Å². The molecule has 2 amide bonds. The molecule has 0 aliphatic carbocycles. The first-order valence-corrected chi connectivity index (χ1v) is 7.06. The zero-order chi connectivity index (χ0) is 15.2. The Morgan fingerprint density at radius 1 is 1.23 bits per heavy atom. The molecule has 1 aliphatic rings. The molecule has 1 aromatic carbocycles. The minimum absolute atomic E-state index is 0. The SMILES string of the molecule is CN(C)C(=O)Oc1ccccc1NC(=O)CN1CCCC1.Cl. The van der Waals surface area contributed by atoms with Gasteiger partial charge in [-0.15, -0.1) is 12.4 Å². The van der Waals surface area contributed by atoms with Crippen molar-refractivity contribution in [3.8, 4) is 5.75 Å². The van der Waals surface area contributed by atoms with Gasteiger partial charge in [0.25, 0.3) is 0 Å². The molecular formula is C15H22ClN3O3. The third-order valence-corrected chi connectivity index (χ3v) is 3.29. The van der Waals surface area contributed by atoms with Gasteiger partial charge in [-0.1, -0.05) is 12.1 Å². The molecule has 1 saturated heterocycles. The maximum absolute atomic E-state index is 12.0. The molecule has 0 aromatic heterocycles. The van der Waals surface area contributed by atoms with Crippen molar-refractivity contribution in [1.82, 2.24) is 9.80 Å². The van der Waals surface area contributed by atoms with Crippen LogP contribution in [0.4, 0.5) is 10.5 Å². The maximum atomic E-state index is 12.0. The van der Waals surface area contributed by atoms with Gasteiger partial charge in [0.15, 0.2) is 5.75 Å². The Kier molecular flexibility index (Phi) is 7.14. The molecule has 1 aliphatic heterocycles. The van der Waals surface area contributed by atoms with Crippen LogP contribution >= 0.6 is 12.4 Å². The number of carbonyl (C=O) groups is 2. The molecule has 1 fully saturated rings. The molecule has 122 valence electrons. The van der Waals surface area contributed by atoms with Gasteiger partial charge in [-0.05, 0) is 38.1 Å². The summed E-state index contributed by atoms with van der Waals surface area (Å²) in [5.74, 6) is 0.260. The molecule has 6 nitrogen and oxygen atoms in total. The van der Waals surface area contributed by atoms with Crippen molar-refractivity contribution < 1.29 is 14.3 Å². The number of rotatable bonds is 4. The van der Waals surface area contributed by atoms with Gasteiger partial charge in [0.05, 0.1) is 12.2 Å². The van der Waals surface area contributed by atoms with Crippen molar-refractivity contribution in [3.63, 3.8) is 0 Å². The van der Waals surface area contributed by atoms with Crippen LogP contribution < -0.4 is 10.1 Å². The summed E-state index contributed by atoms with van der Waals surface area (Å²) in [7, 11) is 3.22. The predicted molar refractivity (Wildman–Crippen MR) is 87.7 cm³/mol. The van der Waals surface area contributed by atoms with Gasteiger partial charge in [-0.2, -0.15) is 0 Å². The Hall–Kier alpha value is -1.79. The Balaban J connectivity index is 0.00000242. The highest BCUT2D eigenvalue weighted by Crippen LogP contribution is 2.24. The average Bonchev–Trinajstić information content (AvgIpc) is 2.93. The van der Waals surface area contributed by atoms with Crippen LogP contribution in [0, 0.1) is 0 Å². The minimum atomic E-state index is -0.476. The van der Waals surface area contributed by atoms with E-state index in [0.717, 1.165) is 25.9 Å². The molecule has 0 spiro atoms. The second-order valence-electron chi connectivity index (χ2n) is 5.29. The number of benzene rings is 1. The number of nitrogens with zero attached hydrogens (tertiary/aromatic N) is 2. The second kappa shape index (κ2) is 8.60. The third kappa shape index (κ3) is 5.20. The highest BCUT2D eigenvalue weighted by Gasteiger charge is 2.17. The number of carbonyl (C=O) groups excluding carboxylic acids is 2. The summed E-state index contributed by atoms with van der Waals surface area (Å²) in [5.41, 5.74) is 0.511. The normalized spacial score (nSPS) is 14.1. The fourth-order valence-corrected chi connectivity index (χ4v) is 2.18. The molecule has 7 heteroatoms. The number of likely N-dealkylation sites (tertiary alicyclic amines) is 1. The Labute approximate surface area is 136 Å². The van der Waals surface area contributed by atoms with Crippen LogP contribution in [0.25, 0.3) is 0 Å². The quantitative estimate of drug-likeness (QED) is 0.921. The van der Waals surface area contributed by atoms with E-state index in [2.05, 4.69) is 10.2 Å². The molecule has 0 bridgehead atoms. The fourth-order valence-electron chi connectivity index (χ4n) is 2.18. The lowest BCUT2D eigenvalue weighted by molar-refractivity contribution is -0.117. The molecular weight excluding hydrogens is 306 g/mol. The molecule has 1 N–H and O–H groups in total. The molecule has 0 saturated carbocycles. The van der Waals surface area contributed by atoms with Crippen molar-refractivity contribution in [1.29, 1.82) is 0 Å². The standard InChI is InChI=1S/C15H21N3O3.ClH/c1-17(2)15(20)21-13-8-4-3-7-12(13)16-14(19)11-18-9-5-6-10-18;/h3-4,7-8H,5-6,9-11H2,1-2H3,(H,16,19);1H. The van der Waals surface area contributed by atoms with Gasteiger partial charge < -0.3 is 15.0 Å². The number of ether oxygens (including phenoxy) is 1. The summed E-state index contributed by atoms with van der Waals surface area (Å²) >= 11 is 0. The smallest absolute Gasteiger partial charge is 0.408 e. The zero-order valence-corrected chi connectivity index (χ0v) is 13.7. The van der Waals surface area contributed by atoms with E-state index in [9.17, 15) is 9.59 Å². The number of anilines is 1. The number of halogens is 1. The van der Waals surface area contributed by atoms with Crippen LogP contribution in [0.3, 0.4) is 0 Å². The van der Waals surface area contributed by atoms with Gasteiger partial charge in [-0.3, -0.25) is 9.69 Å². The Morgan fingerprint density at radius 3 is 2.50 bits per heavy atom. The van der Waals surface area contributed by atoms with E-state index < -0.39 is 6.09 Å². The lowest BCUT2D eigenvalue weighted by Crippen LogP contribution is -2.31. The third-order valence-electron chi connectivity index (χ3n) is 3.29. The average molecular weight is 328 g/mol. The van der Waals surface area contributed by atoms with E-state index in [-0.39, 0.29) is 18.3 Å². The van der Waals surface area contributed by atoms with E-state index >= 15 is 0 Å². The predicted octanol–water partition coefficient (Wildman–Crippen LogP) is 2.20. The van der Waals surface area contributed by atoms with Crippen molar-refractivity contribution in [2.75, 3.05) is 39.0 Å². The van der Waals surface area contributed by atoms with E-state index in [1.165, 1.54) is 4.90 Å². The van der Waals surface area contributed by atoms with E-state index in [4.69, 9.17) is 4.74 Å². The van der Waals surface area contributed by atoms with Crippen LogP contribution in [0.5, 0.6) is 5.75 Å². The molecule has 0 unspecified atom stereocenters. The topological polar surface area (TPSA) is 61.9 Å². The lowest BCUT2D eigenvalue weighted by atomic mass is 10.3. The monoisotopic (exact) mass is 327 g/mol. The largest absolute Gasteiger partial charge is 0.414 e. The summed E-state index contributed by atoms with van der Waals surface area (Å²) in [6.45, 7) is 2.30. The molecule has 22 heavy (non-hydrogen) atoms. The van der Waals surface area contributed by atoms with E-state index in [1.807, 2.05) is 0 Å². The first-order chi connectivity index (χ1) is 10.1.